The van der Waals surface area contributed by atoms with E-state index < -0.39 is 0 Å². The van der Waals surface area contributed by atoms with Crippen LogP contribution in [0, 0.1) is 0 Å². The molecular weight excluding hydrogens is 180 g/mol. The van der Waals surface area contributed by atoms with Crippen LogP contribution in [0.25, 0.3) is 0 Å². The average Bonchev–Trinajstić information content (AvgIpc) is 2.20. The zero-order chi connectivity index (χ0) is 10.4. The van der Waals surface area contributed by atoms with E-state index in [1.165, 1.54) is 0 Å². The Bertz CT molecular complexity index is 253. The number of rotatable bonds is 3. The van der Waals surface area contributed by atoms with E-state index in [0.717, 1.165) is 18.5 Å². The molecule has 0 saturated carbocycles. The van der Waals surface area contributed by atoms with E-state index in [0.29, 0.717) is 18.8 Å². The fraction of sp³-hybridized carbons (Fsp3) is 0.545. The van der Waals surface area contributed by atoms with Gasteiger partial charge in [-0.1, -0.05) is 13.0 Å². The maximum Gasteiger partial charge on any atom is 0.149 e. The standard InChI is InChI=1S/C11H16O3/c1-3-4-10(8-12)7-11-9(2)13-5-6-14-11/h4,7-9H,3,5-6H2,1-2H3/b10-4+,11-7+. The Morgan fingerprint density at radius 1 is 1.57 bits per heavy atom. The lowest BCUT2D eigenvalue weighted by Gasteiger charge is -2.23. The zero-order valence-electron chi connectivity index (χ0n) is 8.66. The highest BCUT2D eigenvalue weighted by Crippen LogP contribution is 2.15. The molecule has 3 heteroatoms. The summed E-state index contributed by atoms with van der Waals surface area (Å²) >= 11 is 0. The van der Waals surface area contributed by atoms with Gasteiger partial charge >= 0.3 is 0 Å². The van der Waals surface area contributed by atoms with E-state index in [1.54, 1.807) is 6.08 Å². The lowest BCUT2D eigenvalue weighted by molar-refractivity contribution is -0.104. The Kier molecular flexibility index (Phi) is 4.40. The van der Waals surface area contributed by atoms with Crippen molar-refractivity contribution >= 4 is 6.29 Å². The summed E-state index contributed by atoms with van der Waals surface area (Å²) in [6.45, 7) is 5.09. The Labute approximate surface area is 84.4 Å². The third-order valence-electron chi connectivity index (χ3n) is 2.01. The van der Waals surface area contributed by atoms with Crippen LogP contribution < -0.4 is 0 Å². The van der Waals surface area contributed by atoms with E-state index in [-0.39, 0.29) is 6.10 Å². The number of aldehydes is 1. The number of allylic oxidation sites excluding steroid dienone is 3. The highest BCUT2D eigenvalue weighted by molar-refractivity contribution is 5.77. The summed E-state index contributed by atoms with van der Waals surface area (Å²) in [5.74, 6) is 0.739. The summed E-state index contributed by atoms with van der Waals surface area (Å²) < 4.78 is 10.8. The van der Waals surface area contributed by atoms with Crippen molar-refractivity contribution in [1.29, 1.82) is 0 Å². The molecule has 0 aromatic heterocycles. The molecule has 0 radical (unpaired) electrons. The molecule has 1 rings (SSSR count). The van der Waals surface area contributed by atoms with E-state index in [1.807, 2.05) is 19.9 Å². The van der Waals surface area contributed by atoms with Crippen molar-refractivity contribution in [2.24, 2.45) is 0 Å². The van der Waals surface area contributed by atoms with Crippen molar-refractivity contribution in [3.63, 3.8) is 0 Å². The summed E-state index contributed by atoms with van der Waals surface area (Å²) in [5, 5.41) is 0. The lowest BCUT2D eigenvalue weighted by atomic mass is 10.2. The van der Waals surface area contributed by atoms with E-state index in [2.05, 4.69) is 0 Å². The van der Waals surface area contributed by atoms with Gasteiger partial charge in [0.1, 0.15) is 24.8 Å². The molecule has 1 atom stereocenters. The second-order valence-electron chi connectivity index (χ2n) is 3.14. The van der Waals surface area contributed by atoms with Crippen molar-refractivity contribution in [2.75, 3.05) is 13.2 Å². The van der Waals surface area contributed by atoms with Crippen LogP contribution in [0.15, 0.2) is 23.5 Å². The maximum absolute atomic E-state index is 10.7. The van der Waals surface area contributed by atoms with Crippen molar-refractivity contribution in [1.82, 2.24) is 0 Å². The fourth-order valence-corrected chi connectivity index (χ4v) is 1.28. The van der Waals surface area contributed by atoms with Gasteiger partial charge in [0.2, 0.25) is 0 Å². The average molecular weight is 196 g/mol. The molecule has 0 aromatic carbocycles. The topological polar surface area (TPSA) is 35.5 Å². The van der Waals surface area contributed by atoms with Gasteiger partial charge in [0.15, 0.2) is 0 Å². The number of ether oxygens (including phenoxy) is 2. The fourth-order valence-electron chi connectivity index (χ4n) is 1.28. The van der Waals surface area contributed by atoms with Crippen LogP contribution in [-0.4, -0.2) is 25.6 Å². The van der Waals surface area contributed by atoms with Gasteiger partial charge in [-0.2, -0.15) is 0 Å². The van der Waals surface area contributed by atoms with Gasteiger partial charge in [-0.05, 0) is 19.4 Å². The first-order chi connectivity index (χ1) is 6.77. The molecule has 1 heterocycles. The predicted molar refractivity (Wildman–Crippen MR) is 53.9 cm³/mol. The molecule has 0 bridgehead atoms. The molecule has 1 aliphatic heterocycles. The van der Waals surface area contributed by atoms with Gasteiger partial charge in [-0.3, -0.25) is 4.79 Å². The van der Waals surface area contributed by atoms with E-state index in [4.69, 9.17) is 9.47 Å². The van der Waals surface area contributed by atoms with Gasteiger partial charge in [-0.25, -0.2) is 0 Å². The SMILES string of the molecule is CC/C=C(C=O)\C=C1\OCCOC1C. The molecule has 1 fully saturated rings. The van der Waals surface area contributed by atoms with Gasteiger partial charge in [0.25, 0.3) is 0 Å². The van der Waals surface area contributed by atoms with Crippen molar-refractivity contribution in [3.8, 4) is 0 Å². The maximum atomic E-state index is 10.7. The molecular formula is C11H16O3. The van der Waals surface area contributed by atoms with Crippen LogP contribution in [0.2, 0.25) is 0 Å². The lowest BCUT2D eigenvalue weighted by Crippen LogP contribution is -2.24. The Balaban J connectivity index is 2.72. The van der Waals surface area contributed by atoms with Crippen molar-refractivity contribution in [3.05, 3.63) is 23.5 Å². The van der Waals surface area contributed by atoms with Crippen LogP contribution >= 0.6 is 0 Å². The molecule has 0 N–H and O–H groups in total. The molecule has 1 unspecified atom stereocenters. The van der Waals surface area contributed by atoms with Crippen LogP contribution in [-0.2, 0) is 14.3 Å². The highest BCUT2D eigenvalue weighted by Gasteiger charge is 2.15. The van der Waals surface area contributed by atoms with Crippen molar-refractivity contribution in [2.45, 2.75) is 26.4 Å². The van der Waals surface area contributed by atoms with Gasteiger partial charge in [-0.15, -0.1) is 0 Å². The normalized spacial score (nSPS) is 26.0. The number of hydrogen-bond donors (Lipinski definition) is 0. The van der Waals surface area contributed by atoms with E-state index >= 15 is 0 Å². The molecule has 0 aliphatic carbocycles. The van der Waals surface area contributed by atoms with Crippen LogP contribution in [0.4, 0.5) is 0 Å². The third-order valence-corrected chi connectivity index (χ3v) is 2.01. The first-order valence-electron chi connectivity index (χ1n) is 4.89. The molecule has 0 aromatic rings. The Morgan fingerprint density at radius 2 is 2.36 bits per heavy atom. The number of carbonyl (C=O) groups excluding carboxylic acids is 1. The highest BCUT2D eigenvalue weighted by atomic mass is 16.6. The summed E-state index contributed by atoms with van der Waals surface area (Å²) in [4.78, 5) is 10.7. The molecule has 78 valence electrons. The van der Waals surface area contributed by atoms with Crippen molar-refractivity contribution < 1.29 is 14.3 Å². The smallest absolute Gasteiger partial charge is 0.149 e. The molecule has 0 amide bonds. The monoisotopic (exact) mass is 196 g/mol. The summed E-state index contributed by atoms with van der Waals surface area (Å²) in [6, 6.07) is 0. The first-order valence-corrected chi connectivity index (χ1v) is 4.89. The second-order valence-corrected chi connectivity index (χ2v) is 3.14. The summed E-state index contributed by atoms with van der Waals surface area (Å²) in [5.41, 5.74) is 0.653. The van der Waals surface area contributed by atoms with Crippen LogP contribution in [0.5, 0.6) is 0 Å². The zero-order valence-corrected chi connectivity index (χ0v) is 8.66. The summed E-state index contributed by atoms with van der Waals surface area (Å²) in [6.07, 6.45) is 5.24. The quantitative estimate of drug-likeness (QED) is 0.510. The molecule has 1 saturated heterocycles. The van der Waals surface area contributed by atoms with Crippen LogP contribution in [0.3, 0.4) is 0 Å². The Morgan fingerprint density at radius 3 is 2.93 bits per heavy atom. The summed E-state index contributed by atoms with van der Waals surface area (Å²) in [7, 11) is 0. The minimum Gasteiger partial charge on any atom is -0.493 e. The molecule has 1 aliphatic rings. The van der Waals surface area contributed by atoms with Crippen LogP contribution in [0.1, 0.15) is 20.3 Å². The largest absolute Gasteiger partial charge is 0.493 e. The molecule has 0 spiro atoms. The minimum absolute atomic E-state index is 0.0519. The minimum atomic E-state index is -0.0519. The number of carbonyl (C=O) groups is 1. The van der Waals surface area contributed by atoms with Gasteiger partial charge < -0.3 is 9.47 Å². The van der Waals surface area contributed by atoms with E-state index in [9.17, 15) is 4.79 Å². The Hall–Kier alpha value is -1.09. The predicted octanol–water partition coefficient (Wildman–Crippen LogP) is 1.84. The first kappa shape index (κ1) is 11.0. The second kappa shape index (κ2) is 5.60. The molecule has 14 heavy (non-hydrogen) atoms. The third kappa shape index (κ3) is 3.00. The number of hydrogen-bond acceptors (Lipinski definition) is 3. The van der Waals surface area contributed by atoms with Gasteiger partial charge in [0.05, 0.1) is 6.61 Å². The molecule has 3 nitrogen and oxygen atoms in total. The van der Waals surface area contributed by atoms with Gasteiger partial charge in [0, 0.05) is 5.57 Å².